The number of amides is 1. The molecule has 1 aromatic carbocycles. The van der Waals surface area contributed by atoms with Gasteiger partial charge in [-0.2, -0.15) is 0 Å². The Hall–Kier alpha value is -1.97. The van der Waals surface area contributed by atoms with Crippen molar-refractivity contribution in [3.05, 3.63) is 36.2 Å². The molecule has 0 atom stereocenters. The summed E-state index contributed by atoms with van der Waals surface area (Å²) in [5.74, 6) is -0.315. The van der Waals surface area contributed by atoms with E-state index in [4.69, 9.17) is 5.73 Å². The molecule has 0 aliphatic heterocycles. The minimum absolute atomic E-state index is 0.313. The Morgan fingerprint density at radius 3 is 2.73 bits per heavy atom. The number of primary amides is 1. The van der Waals surface area contributed by atoms with Crippen molar-refractivity contribution in [3.63, 3.8) is 0 Å². The maximum atomic E-state index is 10.6. The first kappa shape index (κ1) is 9.58. The molecular weight excluding hydrogens is 190 g/mol. The van der Waals surface area contributed by atoms with E-state index in [-0.39, 0.29) is 5.91 Å². The van der Waals surface area contributed by atoms with Gasteiger partial charge in [-0.25, -0.2) is 4.98 Å². The summed E-state index contributed by atoms with van der Waals surface area (Å²) in [6.45, 7) is 0. The minimum Gasteiger partial charge on any atom is -0.370 e. The number of aryl methyl sites for hydroxylation is 1. The fourth-order valence-corrected chi connectivity index (χ4v) is 1.37. The molecule has 0 aliphatic rings. The van der Waals surface area contributed by atoms with E-state index in [1.807, 2.05) is 24.3 Å². The van der Waals surface area contributed by atoms with Gasteiger partial charge in [-0.1, -0.05) is 12.1 Å². The van der Waals surface area contributed by atoms with Crippen LogP contribution >= 0.6 is 0 Å². The van der Waals surface area contributed by atoms with Crippen LogP contribution in [0.4, 0.5) is 0 Å². The van der Waals surface area contributed by atoms with Crippen molar-refractivity contribution in [2.45, 2.75) is 12.8 Å². The molecule has 4 nitrogen and oxygen atoms in total. The molecule has 2 aromatic rings. The minimum atomic E-state index is -0.315. The molecular formula is C11H11N3O. The molecule has 15 heavy (non-hydrogen) atoms. The summed E-state index contributed by atoms with van der Waals surface area (Å²) in [6, 6.07) is 7.63. The van der Waals surface area contributed by atoms with E-state index >= 15 is 0 Å². The van der Waals surface area contributed by atoms with Gasteiger partial charge in [0.1, 0.15) is 0 Å². The van der Waals surface area contributed by atoms with Crippen LogP contribution in [0.1, 0.15) is 12.1 Å². The van der Waals surface area contributed by atoms with Crippen molar-refractivity contribution < 1.29 is 4.79 Å². The molecule has 0 spiro atoms. The van der Waals surface area contributed by atoms with Crippen LogP contribution < -0.4 is 5.73 Å². The lowest BCUT2D eigenvalue weighted by Gasteiger charge is -2.00. The smallest absolute Gasteiger partial charge is 0.217 e. The zero-order valence-corrected chi connectivity index (χ0v) is 8.18. The summed E-state index contributed by atoms with van der Waals surface area (Å²) in [5.41, 5.74) is 7.57. The van der Waals surface area contributed by atoms with Gasteiger partial charge in [-0.15, -0.1) is 0 Å². The monoisotopic (exact) mass is 201 g/mol. The van der Waals surface area contributed by atoms with Crippen LogP contribution in [-0.2, 0) is 11.2 Å². The van der Waals surface area contributed by atoms with E-state index in [0.717, 1.165) is 16.7 Å². The van der Waals surface area contributed by atoms with E-state index in [1.165, 1.54) is 0 Å². The summed E-state index contributed by atoms with van der Waals surface area (Å²) in [4.78, 5) is 19.2. The second kappa shape index (κ2) is 4.04. The molecule has 0 radical (unpaired) electrons. The first-order valence-electron chi connectivity index (χ1n) is 4.74. The fourth-order valence-electron chi connectivity index (χ4n) is 1.37. The van der Waals surface area contributed by atoms with Crippen molar-refractivity contribution in [1.82, 2.24) is 9.97 Å². The number of nitrogens with zero attached hydrogens (tertiary/aromatic N) is 2. The van der Waals surface area contributed by atoms with E-state index in [1.54, 1.807) is 6.20 Å². The highest BCUT2D eigenvalue weighted by molar-refractivity contribution is 5.75. The van der Waals surface area contributed by atoms with Crippen LogP contribution in [0.25, 0.3) is 11.0 Å². The number of fused-ring (bicyclic) bond motifs is 1. The number of carbonyl (C=O) groups excluding carboxylic acids is 1. The lowest BCUT2D eigenvalue weighted by Crippen LogP contribution is -2.11. The van der Waals surface area contributed by atoms with Crippen LogP contribution in [0.15, 0.2) is 30.5 Å². The third kappa shape index (κ3) is 2.28. The normalized spacial score (nSPS) is 10.4. The Kier molecular flexibility index (Phi) is 2.58. The van der Waals surface area contributed by atoms with Gasteiger partial charge in [-0.3, -0.25) is 9.78 Å². The Balaban J connectivity index is 2.26. The quantitative estimate of drug-likeness (QED) is 0.806. The first-order chi connectivity index (χ1) is 7.25. The van der Waals surface area contributed by atoms with Crippen molar-refractivity contribution >= 4 is 16.9 Å². The predicted octanol–water partition coefficient (Wildman–Crippen LogP) is 1.05. The molecule has 76 valence electrons. The van der Waals surface area contributed by atoms with Crippen LogP contribution in [0.3, 0.4) is 0 Å². The fraction of sp³-hybridized carbons (Fsp3) is 0.182. The van der Waals surface area contributed by atoms with Gasteiger partial charge in [0, 0.05) is 12.6 Å². The Labute approximate surface area is 87.1 Å². The van der Waals surface area contributed by atoms with E-state index in [9.17, 15) is 4.79 Å². The third-order valence-corrected chi connectivity index (χ3v) is 2.13. The lowest BCUT2D eigenvalue weighted by molar-refractivity contribution is -0.118. The average Bonchev–Trinajstić information content (AvgIpc) is 2.26. The van der Waals surface area contributed by atoms with E-state index in [2.05, 4.69) is 9.97 Å². The zero-order chi connectivity index (χ0) is 10.7. The number of benzene rings is 1. The highest BCUT2D eigenvalue weighted by Crippen LogP contribution is 2.09. The molecule has 1 aromatic heterocycles. The van der Waals surface area contributed by atoms with E-state index in [0.29, 0.717) is 12.8 Å². The SMILES string of the molecule is NC(=O)CCc1cnc2ccccc2n1. The molecule has 0 fully saturated rings. The number of carbonyl (C=O) groups is 1. The van der Waals surface area contributed by atoms with Crippen LogP contribution in [0, 0.1) is 0 Å². The Morgan fingerprint density at radius 1 is 1.27 bits per heavy atom. The van der Waals surface area contributed by atoms with Gasteiger partial charge in [0.2, 0.25) is 5.91 Å². The molecule has 0 saturated heterocycles. The van der Waals surface area contributed by atoms with Crippen LogP contribution in [0.2, 0.25) is 0 Å². The van der Waals surface area contributed by atoms with Gasteiger partial charge in [-0.05, 0) is 18.6 Å². The molecule has 0 unspecified atom stereocenters. The molecule has 0 aliphatic carbocycles. The second-order valence-electron chi connectivity index (χ2n) is 3.32. The van der Waals surface area contributed by atoms with Gasteiger partial charge in [0.15, 0.2) is 0 Å². The van der Waals surface area contributed by atoms with Crippen molar-refractivity contribution in [2.24, 2.45) is 5.73 Å². The summed E-state index contributed by atoms with van der Waals surface area (Å²) >= 11 is 0. The highest BCUT2D eigenvalue weighted by atomic mass is 16.1. The standard InChI is InChI=1S/C11H11N3O/c12-11(15)6-5-8-7-13-9-3-1-2-4-10(9)14-8/h1-4,7H,5-6H2,(H2,12,15). The number of rotatable bonds is 3. The molecule has 2 N–H and O–H groups in total. The van der Waals surface area contributed by atoms with Crippen molar-refractivity contribution in [1.29, 1.82) is 0 Å². The number of para-hydroxylation sites is 2. The first-order valence-corrected chi connectivity index (χ1v) is 4.74. The second-order valence-corrected chi connectivity index (χ2v) is 3.32. The van der Waals surface area contributed by atoms with E-state index < -0.39 is 0 Å². The molecule has 0 bridgehead atoms. The third-order valence-electron chi connectivity index (χ3n) is 2.13. The summed E-state index contributed by atoms with van der Waals surface area (Å²) < 4.78 is 0. The lowest BCUT2D eigenvalue weighted by atomic mass is 10.2. The average molecular weight is 201 g/mol. The van der Waals surface area contributed by atoms with Crippen molar-refractivity contribution in [3.8, 4) is 0 Å². The van der Waals surface area contributed by atoms with Crippen molar-refractivity contribution in [2.75, 3.05) is 0 Å². The number of hydrogen-bond acceptors (Lipinski definition) is 3. The Bertz CT molecular complexity index is 496. The van der Waals surface area contributed by atoms with Gasteiger partial charge < -0.3 is 5.73 Å². The van der Waals surface area contributed by atoms with Gasteiger partial charge in [0.05, 0.1) is 16.7 Å². The highest BCUT2D eigenvalue weighted by Gasteiger charge is 2.01. The molecule has 2 rings (SSSR count). The zero-order valence-electron chi connectivity index (χ0n) is 8.18. The molecule has 4 heteroatoms. The summed E-state index contributed by atoms with van der Waals surface area (Å²) in [6.07, 6.45) is 2.55. The largest absolute Gasteiger partial charge is 0.370 e. The van der Waals surface area contributed by atoms with Crippen LogP contribution in [0.5, 0.6) is 0 Å². The topological polar surface area (TPSA) is 68.9 Å². The van der Waals surface area contributed by atoms with Gasteiger partial charge in [0.25, 0.3) is 0 Å². The molecule has 0 saturated carbocycles. The number of hydrogen-bond donors (Lipinski definition) is 1. The predicted molar refractivity (Wildman–Crippen MR) is 57.1 cm³/mol. The van der Waals surface area contributed by atoms with Crippen LogP contribution in [-0.4, -0.2) is 15.9 Å². The number of nitrogens with two attached hydrogens (primary N) is 1. The van der Waals surface area contributed by atoms with Gasteiger partial charge >= 0.3 is 0 Å². The maximum absolute atomic E-state index is 10.6. The summed E-state index contributed by atoms with van der Waals surface area (Å²) in [5, 5.41) is 0. The maximum Gasteiger partial charge on any atom is 0.217 e. The number of aromatic nitrogens is 2. The Morgan fingerprint density at radius 2 is 2.00 bits per heavy atom. The molecule has 1 heterocycles. The summed E-state index contributed by atoms with van der Waals surface area (Å²) in [7, 11) is 0. The molecule has 1 amide bonds.